The summed E-state index contributed by atoms with van der Waals surface area (Å²) in [6.07, 6.45) is 5.47. The number of rotatable bonds is 6. The van der Waals surface area contributed by atoms with Gasteiger partial charge in [-0.25, -0.2) is 9.97 Å². The van der Waals surface area contributed by atoms with E-state index in [9.17, 15) is 5.26 Å². The molecule has 0 amide bonds. The number of nitrogens with one attached hydrogen (secondary N) is 1. The molecular formula is C26H23N5S. The third kappa shape index (κ3) is 5.11. The molecule has 4 aromatic rings. The number of nitriles is 1. The predicted octanol–water partition coefficient (Wildman–Crippen LogP) is 5.70. The van der Waals surface area contributed by atoms with Crippen molar-refractivity contribution in [1.82, 2.24) is 15.0 Å². The molecule has 0 saturated carbocycles. The van der Waals surface area contributed by atoms with E-state index in [1.807, 2.05) is 37.4 Å². The predicted molar refractivity (Wildman–Crippen MR) is 130 cm³/mol. The lowest BCUT2D eigenvalue weighted by Gasteiger charge is -2.09. The van der Waals surface area contributed by atoms with Gasteiger partial charge in [0.15, 0.2) is 5.82 Å². The Hall–Kier alpha value is -3.74. The van der Waals surface area contributed by atoms with Crippen LogP contribution in [0.1, 0.15) is 31.4 Å². The Kier molecular flexibility index (Phi) is 6.44. The quantitative estimate of drug-likeness (QED) is 0.309. The summed E-state index contributed by atoms with van der Waals surface area (Å²) < 4.78 is 0.974. The van der Waals surface area contributed by atoms with E-state index in [0.717, 1.165) is 46.5 Å². The molecule has 6 heteroatoms. The van der Waals surface area contributed by atoms with Crippen LogP contribution >= 0.6 is 11.3 Å². The number of benzene rings is 1. The third-order valence-corrected chi connectivity index (χ3v) is 5.90. The summed E-state index contributed by atoms with van der Waals surface area (Å²) in [5.74, 6) is 7.66. The van der Waals surface area contributed by atoms with Crippen LogP contribution in [0.15, 0.2) is 60.2 Å². The van der Waals surface area contributed by atoms with Crippen molar-refractivity contribution in [3.63, 3.8) is 0 Å². The van der Waals surface area contributed by atoms with E-state index in [1.165, 1.54) is 5.56 Å². The van der Waals surface area contributed by atoms with Crippen LogP contribution in [0.2, 0.25) is 0 Å². The summed E-state index contributed by atoms with van der Waals surface area (Å²) in [7, 11) is 0. The van der Waals surface area contributed by atoms with Crippen LogP contribution in [0.3, 0.4) is 0 Å². The maximum Gasteiger partial charge on any atom is 0.162 e. The number of nitrogens with zero attached hydrogens (tertiary/aromatic N) is 4. The van der Waals surface area contributed by atoms with Crippen LogP contribution in [0.5, 0.6) is 0 Å². The second-order valence-electron chi connectivity index (χ2n) is 7.96. The molecular weight excluding hydrogens is 414 g/mol. The average Bonchev–Trinajstić information content (AvgIpc) is 3.25. The van der Waals surface area contributed by atoms with Crippen LogP contribution in [0, 0.1) is 28.6 Å². The molecule has 0 atom stereocenters. The number of fused-ring (bicyclic) bond motifs is 1. The fourth-order valence-corrected chi connectivity index (χ4v) is 4.06. The van der Waals surface area contributed by atoms with Gasteiger partial charge in [0.05, 0.1) is 16.3 Å². The summed E-state index contributed by atoms with van der Waals surface area (Å²) >= 11 is 1.57. The first-order valence-electron chi connectivity index (χ1n) is 10.5. The molecule has 4 rings (SSSR count). The van der Waals surface area contributed by atoms with Gasteiger partial charge in [0.25, 0.3) is 0 Å². The lowest BCUT2D eigenvalue weighted by Crippen LogP contribution is -2.06. The molecule has 0 aliphatic rings. The lowest BCUT2D eigenvalue weighted by atomic mass is 9.97. The summed E-state index contributed by atoms with van der Waals surface area (Å²) in [4.78, 5) is 13.7. The van der Waals surface area contributed by atoms with E-state index >= 15 is 0 Å². The first-order chi connectivity index (χ1) is 15.6. The fourth-order valence-electron chi connectivity index (χ4n) is 3.15. The van der Waals surface area contributed by atoms with Crippen LogP contribution in [0.4, 0.5) is 5.82 Å². The van der Waals surface area contributed by atoms with Gasteiger partial charge in [-0.3, -0.25) is 4.98 Å². The molecule has 3 heterocycles. The van der Waals surface area contributed by atoms with Crippen LogP contribution < -0.4 is 5.32 Å². The van der Waals surface area contributed by atoms with E-state index in [-0.39, 0.29) is 0 Å². The minimum atomic E-state index is -0.715. The molecule has 0 radical (unpaired) electrons. The van der Waals surface area contributed by atoms with Crippen molar-refractivity contribution in [2.75, 3.05) is 11.9 Å². The number of thiophene rings is 1. The number of anilines is 1. The Bertz CT molecular complexity index is 1310. The summed E-state index contributed by atoms with van der Waals surface area (Å²) in [5.41, 5.74) is 3.14. The second-order valence-corrected chi connectivity index (χ2v) is 8.84. The van der Waals surface area contributed by atoms with Crippen molar-refractivity contribution >= 4 is 27.4 Å². The molecule has 158 valence electrons. The molecule has 0 fully saturated rings. The molecule has 1 aromatic carbocycles. The van der Waals surface area contributed by atoms with Gasteiger partial charge >= 0.3 is 0 Å². The number of aryl methyl sites for hydroxylation is 1. The van der Waals surface area contributed by atoms with Gasteiger partial charge in [-0.1, -0.05) is 42.2 Å². The van der Waals surface area contributed by atoms with Crippen molar-refractivity contribution in [2.24, 2.45) is 5.41 Å². The van der Waals surface area contributed by atoms with Crippen LogP contribution in [-0.4, -0.2) is 21.5 Å². The number of pyridine rings is 1. The van der Waals surface area contributed by atoms with Crippen molar-refractivity contribution in [3.05, 3.63) is 71.4 Å². The fraction of sp³-hybridized carbons (Fsp3) is 0.231. The molecule has 1 N–H and O–H groups in total. The van der Waals surface area contributed by atoms with E-state index in [4.69, 9.17) is 9.97 Å². The minimum Gasteiger partial charge on any atom is -0.369 e. The Labute approximate surface area is 192 Å². The molecule has 0 saturated heterocycles. The van der Waals surface area contributed by atoms with Gasteiger partial charge in [0.1, 0.15) is 16.7 Å². The van der Waals surface area contributed by atoms with Gasteiger partial charge in [0.2, 0.25) is 0 Å². The normalized spacial score (nSPS) is 10.9. The smallest absolute Gasteiger partial charge is 0.162 e. The first-order valence-corrected chi connectivity index (χ1v) is 11.4. The molecule has 5 nitrogen and oxygen atoms in total. The highest BCUT2D eigenvalue weighted by atomic mass is 32.1. The van der Waals surface area contributed by atoms with Crippen molar-refractivity contribution in [3.8, 4) is 29.3 Å². The zero-order valence-electron chi connectivity index (χ0n) is 18.1. The van der Waals surface area contributed by atoms with Gasteiger partial charge < -0.3 is 5.32 Å². The molecule has 0 spiro atoms. The first kappa shape index (κ1) is 21.5. The number of hydrogen-bond acceptors (Lipinski definition) is 6. The van der Waals surface area contributed by atoms with Gasteiger partial charge in [-0.2, -0.15) is 5.26 Å². The highest BCUT2D eigenvalue weighted by Crippen LogP contribution is 2.32. The van der Waals surface area contributed by atoms with E-state index in [2.05, 4.69) is 52.5 Å². The topological polar surface area (TPSA) is 74.5 Å². The lowest BCUT2D eigenvalue weighted by molar-refractivity contribution is 0.674. The van der Waals surface area contributed by atoms with Gasteiger partial charge in [-0.05, 0) is 44.4 Å². The maximum atomic E-state index is 9.28. The molecule has 0 aliphatic heterocycles. The van der Waals surface area contributed by atoms with Crippen LogP contribution in [-0.2, 0) is 6.42 Å². The van der Waals surface area contributed by atoms with E-state index in [1.54, 1.807) is 23.7 Å². The highest BCUT2D eigenvalue weighted by Gasteiger charge is 2.15. The Balaban J connectivity index is 1.65. The van der Waals surface area contributed by atoms with Gasteiger partial charge in [-0.15, -0.1) is 11.3 Å². The molecule has 32 heavy (non-hydrogen) atoms. The van der Waals surface area contributed by atoms with Crippen molar-refractivity contribution in [1.29, 1.82) is 5.26 Å². The number of aromatic nitrogens is 3. The molecule has 0 aliphatic carbocycles. The maximum absolute atomic E-state index is 9.28. The second kappa shape index (κ2) is 9.60. The standard InChI is InChI=1S/C26H23N5S/c1-26(2,18-27)13-10-21-17-32-23-22(21)30-24(20-11-15-28-16-12-20)31-25(23)29-14-6-9-19-7-4-3-5-8-19/h3-5,7-8,11-12,15-17H,6,9,14H2,1-2H3,(H,29,30,31). The number of hydrogen-bond donors (Lipinski definition) is 1. The Morgan fingerprint density at radius 1 is 1.06 bits per heavy atom. The molecule has 0 unspecified atom stereocenters. The van der Waals surface area contributed by atoms with Crippen molar-refractivity contribution < 1.29 is 0 Å². The summed E-state index contributed by atoms with van der Waals surface area (Å²) in [6, 6.07) is 16.5. The van der Waals surface area contributed by atoms with E-state index < -0.39 is 5.41 Å². The van der Waals surface area contributed by atoms with E-state index in [0.29, 0.717) is 5.82 Å². The SMILES string of the molecule is CC(C)(C#N)C#Cc1csc2c(NCCCc3ccccc3)nc(-c3ccncc3)nc12. The Morgan fingerprint density at radius 3 is 2.59 bits per heavy atom. The largest absolute Gasteiger partial charge is 0.369 e. The molecule has 0 bridgehead atoms. The summed E-state index contributed by atoms with van der Waals surface area (Å²) in [6.45, 7) is 4.43. The monoisotopic (exact) mass is 437 g/mol. The van der Waals surface area contributed by atoms with Crippen LogP contribution in [0.25, 0.3) is 21.6 Å². The zero-order chi connectivity index (χ0) is 22.4. The Morgan fingerprint density at radius 2 is 1.84 bits per heavy atom. The average molecular weight is 438 g/mol. The highest BCUT2D eigenvalue weighted by molar-refractivity contribution is 7.18. The van der Waals surface area contributed by atoms with Gasteiger partial charge in [0, 0.05) is 29.9 Å². The minimum absolute atomic E-state index is 0.631. The van der Waals surface area contributed by atoms with Crippen molar-refractivity contribution in [2.45, 2.75) is 26.7 Å². The third-order valence-electron chi connectivity index (χ3n) is 4.92. The summed E-state index contributed by atoms with van der Waals surface area (Å²) in [5, 5.41) is 14.8. The molecule has 3 aromatic heterocycles. The zero-order valence-corrected chi connectivity index (χ0v) is 18.9.